The van der Waals surface area contributed by atoms with Crippen molar-refractivity contribution in [3.05, 3.63) is 81.5 Å². The highest BCUT2D eigenvalue weighted by Gasteiger charge is 2.37. The zero-order valence-electron chi connectivity index (χ0n) is 18.9. The van der Waals surface area contributed by atoms with Crippen molar-refractivity contribution in [3.8, 4) is 0 Å². The molecule has 0 bridgehead atoms. The number of ether oxygens (including phenoxy) is 1. The third-order valence-corrected chi connectivity index (χ3v) is 6.05. The lowest BCUT2D eigenvalue weighted by Gasteiger charge is -2.16. The number of rotatable bonds is 7. The van der Waals surface area contributed by atoms with Crippen LogP contribution in [-0.2, 0) is 20.9 Å². The minimum absolute atomic E-state index is 0.0565. The number of esters is 1. The van der Waals surface area contributed by atoms with Crippen LogP contribution in [0.2, 0.25) is 0 Å². The largest absolute Gasteiger partial charge is 0.452 e. The number of amides is 4. The average Bonchev–Trinajstić information content (AvgIpc) is 3.43. The maximum absolute atomic E-state index is 13.0. The predicted molar refractivity (Wildman–Crippen MR) is 129 cm³/mol. The molecule has 178 valence electrons. The van der Waals surface area contributed by atoms with E-state index < -0.39 is 24.4 Å². The van der Waals surface area contributed by atoms with Gasteiger partial charge in [0.2, 0.25) is 5.91 Å². The van der Waals surface area contributed by atoms with E-state index in [1.165, 1.54) is 41.4 Å². The number of imide groups is 1. The highest BCUT2D eigenvalue weighted by atomic mass is 32.1. The molecule has 0 aliphatic carbocycles. The molecule has 1 N–H and O–H groups in total. The Kier molecular flexibility index (Phi) is 6.74. The van der Waals surface area contributed by atoms with Crippen molar-refractivity contribution in [1.82, 2.24) is 4.90 Å². The number of carbonyl (C=O) groups is 5. The van der Waals surface area contributed by atoms with Crippen LogP contribution in [0.4, 0.5) is 11.4 Å². The molecule has 1 aromatic heterocycles. The van der Waals surface area contributed by atoms with Crippen LogP contribution in [0.25, 0.3) is 0 Å². The Labute approximate surface area is 204 Å². The van der Waals surface area contributed by atoms with Crippen LogP contribution in [-0.4, -0.2) is 48.2 Å². The van der Waals surface area contributed by atoms with Crippen LogP contribution >= 0.6 is 11.3 Å². The number of carbonyl (C=O) groups excluding carboxylic acids is 5. The first kappa shape index (κ1) is 23.8. The summed E-state index contributed by atoms with van der Waals surface area (Å²) in [6.07, 6.45) is 0. The Bertz CT molecular complexity index is 1320. The standard InChI is InChI=1S/C25H21N3O6S/c1-15(29)26-18-4-6-19(7-5-18)28-23(31)20-8-3-17(11-21(20)24(28)32)25(33)34-13-22(30)27(2)12-16-9-10-35-14-16/h3-11,14H,12-13H2,1-2H3,(H,26,29). The molecule has 4 rings (SSSR count). The van der Waals surface area contributed by atoms with E-state index in [0.29, 0.717) is 17.9 Å². The number of hydrogen-bond acceptors (Lipinski definition) is 7. The molecular weight excluding hydrogens is 470 g/mol. The van der Waals surface area contributed by atoms with Gasteiger partial charge >= 0.3 is 5.97 Å². The van der Waals surface area contributed by atoms with Crippen molar-refractivity contribution in [1.29, 1.82) is 0 Å². The molecule has 2 heterocycles. The molecule has 1 aliphatic heterocycles. The summed E-state index contributed by atoms with van der Waals surface area (Å²) in [5.74, 6) is -2.50. The minimum Gasteiger partial charge on any atom is -0.452 e. The van der Waals surface area contributed by atoms with Gasteiger partial charge in [0, 0.05) is 26.2 Å². The molecule has 9 nitrogen and oxygen atoms in total. The fourth-order valence-corrected chi connectivity index (χ4v) is 4.22. The van der Waals surface area contributed by atoms with E-state index in [2.05, 4.69) is 5.32 Å². The van der Waals surface area contributed by atoms with Gasteiger partial charge < -0.3 is 15.0 Å². The highest BCUT2D eigenvalue weighted by molar-refractivity contribution is 7.07. The topological polar surface area (TPSA) is 113 Å². The molecule has 0 spiro atoms. The molecule has 0 atom stereocenters. The van der Waals surface area contributed by atoms with Crippen molar-refractivity contribution in [2.45, 2.75) is 13.5 Å². The smallest absolute Gasteiger partial charge is 0.338 e. The van der Waals surface area contributed by atoms with Gasteiger partial charge in [-0.3, -0.25) is 19.2 Å². The Morgan fingerprint density at radius 3 is 2.37 bits per heavy atom. The lowest BCUT2D eigenvalue weighted by atomic mass is 10.1. The second-order valence-corrected chi connectivity index (χ2v) is 8.67. The molecule has 3 aromatic rings. The maximum atomic E-state index is 13.0. The first-order valence-electron chi connectivity index (χ1n) is 10.6. The van der Waals surface area contributed by atoms with Crippen LogP contribution in [0.15, 0.2) is 59.3 Å². The van der Waals surface area contributed by atoms with Gasteiger partial charge in [0.05, 0.1) is 22.4 Å². The van der Waals surface area contributed by atoms with Crippen molar-refractivity contribution in [3.63, 3.8) is 0 Å². The zero-order chi connectivity index (χ0) is 25.1. The number of nitrogens with zero attached hydrogens (tertiary/aromatic N) is 2. The quantitative estimate of drug-likeness (QED) is 0.401. The molecule has 0 unspecified atom stereocenters. The second kappa shape index (κ2) is 9.90. The first-order chi connectivity index (χ1) is 16.7. The molecule has 0 saturated heterocycles. The lowest BCUT2D eigenvalue weighted by molar-refractivity contribution is -0.133. The monoisotopic (exact) mass is 491 g/mol. The number of anilines is 2. The third kappa shape index (κ3) is 5.12. The van der Waals surface area contributed by atoms with Gasteiger partial charge in [-0.2, -0.15) is 11.3 Å². The van der Waals surface area contributed by atoms with Gasteiger partial charge in [0.25, 0.3) is 17.7 Å². The molecule has 2 aromatic carbocycles. The number of thiophene rings is 1. The Hall–Kier alpha value is -4.31. The summed E-state index contributed by atoms with van der Waals surface area (Å²) in [5, 5.41) is 6.46. The summed E-state index contributed by atoms with van der Waals surface area (Å²) >= 11 is 1.53. The lowest BCUT2D eigenvalue weighted by Crippen LogP contribution is -2.30. The fraction of sp³-hybridized carbons (Fsp3) is 0.160. The Morgan fingerprint density at radius 2 is 1.71 bits per heavy atom. The van der Waals surface area contributed by atoms with Gasteiger partial charge in [-0.1, -0.05) is 0 Å². The number of benzene rings is 2. The SMILES string of the molecule is CC(=O)Nc1ccc(N2C(=O)c3ccc(C(=O)OCC(=O)N(C)Cc4ccsc4)cc3C2=O)cc1. The van der Waals surface area contributed by atoms with Crippen LogP contribution in [0, 0.1) is 0 Å². The Morgan fingerprint density at radius 1 is 1.00 bits per heavy atom. The van der Waals surface area contributed by atoms with E-state index >= 15 is 0 Å². The summed E-state index contributed by atoms with van der Waals surface area (Å²) in [6.45, 7) is 1.33. The van der Waals surface area contributed by atoms with E-state index in [4.69, 9.17) is 4.74 Å². The molecule has 10 heteroatoms. The molecular formula is C25H21N3O6S. The van der Waals surface area contributed by atoms with E-state index in [-0.39, 0.29) is 28.5 Å². The van der Waals surface area contributed by atoms with Crippen molar-refractivity contribution in [2.75, 3.05) is 23.9 Å². The zero-order valence-corrected chi connectivity index (χ0v) is 19.8. The van der Waals surface area contributed by atoms with Crippen molar-refractivity contribution < 1.29 is 28.7 Å². The van der Waals surface area contributed by atoms with Gasteiger partial charge in [-0.15, -0.1) is 0 Å². The number of hydrogen-bond donors (Lipinski definition) is 1. The van der Waals surface area contributed by atoms with E-state index in [1.807, 2.05) is 16.8 Å². The normalized spacial score (nSPS) is 12.3. The average molecular weight is 492 g/mol. The Balaban J connectivity index is 1.43. The van der Waals surface area contributed by atoms with Crippen LogP contribution in [0.5, 0.6) is 0 Å². The number of fused-ring (bicyclic) bond motifs is 1. The van der Waals surface area contributed by atoms with E-state index in [9.17, 15) is 24.0 Å². The van der Waals surface area contributed by atoms with Crippen molar-refractivity contribution >= 4 is 52.3 Å². The predicted octanol–water partition coefficient (Wildman–Crippen LogP) is 3.32. The van der Waals surface area contributed by atoms with Gasteiger partial charge in [-0.05, 0) is 64.9 Å². The van der Waals surface area contributed by atoms with E-state index in [0.717, 1.165) is 10.5 Å². The van der Waals surface area contributed by atoms with Gasteiger partial charge in [-0.25, -0.2) is 9.69 Å². The van der Waals surface area contributed by atoms with E-state index in [1.54, 1.807) is 31.3 Å². The minimum atomic E-state index is -0.775. The molecule has 35 heavy (non-hydrogen) atoms. The summed E-state index contributed by atoms with van der Waals surface area (Å²) in [4.78, 5) is 64.3. The summed E-state index contributed by atoms with van der Waals surface area (Å²) in [6, 6.07) is 12.2. The molecule has 4 amide bonds. The number of nitrogens with one attached hydrogen (secondary N) is 1. The first-order valence-corrected chi connectivity index (χ1v) is 11.5. The molecule has 0 saturated carbocycles. The summed E-state index contributed by atoms with van der Waals surface area (Å²) in [7, 11) is 1.62. The highest BCUT2D eigenvalue weighted by Crippen LogP contribution is 2.30. The summed E-state index contributed by atoms with van der Waals surface area (Å²) < 4.78 is 5.14. The second-order valence-electron chi connectivity index (χ2n) is 7.89. The van der Waals surface area contributed by atoms with Crippen LogP contribution < -0.4 is 10.2 Å². The van der Waals surface area contributed by atoms with Crippen LogP contribution in [0.3, 0.4) is 0 Å². The number of likely N-dealkylation sites (N-methyl/N-ethyl adjacent to an activating group) is 1. The summed E-state index contributed by atoms with van der Waals surface area (Å²) in [5.41, 5.74) is 2.11. The fourth-order valence-electron chi connectivity index (χ4n) is 3.56. The maximum Gasteiger partial charge on any atom is 0.338 e. The van der Waals surface area contributed by atoms with Crippen LogP contribution in [0.1, 0.15) is 43.6 Å². The third-order valence-electron chi connectivity index (χ3n) is 5.32. The molecule has 0 radical (unpaired) electrons. The van der Waals surface area contributed by atoms with Gasteiger partial charge in [0.1, 0.15) is 0 Å². The van der Waals surface area contributed by atoms with Crippen molar-refractivity contribution in [2.24, 2.45) is 0 Å². The molecule has 1 aliphatic rings. The molecule has 0 fully saturated rings. The van der Waals surface area contributed by atoms with Gasteiger partial charge in [0.15, 0.2) is 6.61 Å².